The summed E-state index contributed by atoms with van der Waals surface area (Å²) in [5.74, 6) is -1.10. The van der Waals surface area contributed by atoms with E-state index in [0.29, 0.717) is 44.0 Å². The molecule has 9 aromatic rings. The molecule has 2 fully saturated rings. The number of ether oxygens (including phenoxy) is 8. The van der Waals surface area contributed by atoms with Crippen LogP contribution in [-0.2, 0) is 66.4 Å². The summed E-state index contributed by atoms with van der Waals surface area (Å²) in [5.41, 5.74) is 7.61. The van der Waals surface area contributed by atoms with E-state index in [-0.39, 0.29) is 76.2 Å². The molecule has 2 aliphatic rings. The summed E-state index contributed by atoms with van der Waals surface area (Å²) in [4.78, 5) is 114. The fourth-order valence-corrected chi connectivity index (χ4v) is 17.7. The van der Waals surface area contributed by atoms with Crippen LogP contribution in [0.3, 0.4) is 0 Å². The maximum atomic E-state index is 14.0. The van der Waals surface area contributed by atoms with Gasteiger partial charge in [-0.05, 0) is 139 Å². The molecule has 24 nitrogen and oxygen atoms in total. The zero-order chi connectivity index (χ0) is 96.9. The zero-order valence-corrected chi connectivity index (χ0v) is 82.2. The molecule has 4 heterocycles. The molecule has 137 heavy (non-hydrogen) atoms. The van der Waals surface area contributed by atoms with Gasteiger partial charge in [0, 0.05) is 49.7 Å². The summed E-state index contributed by atoms with van der Waals surface area (Å²) in [5, 5.41) is 8.52. The number of nitrogens with zero attached hydrogens (tertiary/aromatic N) is 5. The number of carbonyl (C=O) groups excluding carboxylic acids is 6. The number of rotatable bonds is 60. The van der Waals surface area contributed by atoms with Gasteiger partial charge in [-0.1, -0.05) is 346 Å². The molecule has 0 aliphatic carbocycles. The van der Waals surface area contributed by atoms with Crippen molar-refractivity contribution >= 4 is 47.3 Å². The molecule has 24 heteroatoms. The monoisotopic (exact) mass is 1880 g/mol. The molecule has 0 bridgehead atoms. The fourth-order valence-electron chi connectivity index (χ4n) is 17.7. The van der Waals surface area contributed by atoms with Crippen molar-refractivity contribution in [1.29, 1.82) is 0 Å². The number of amides is 2. The Balaban J connectivity index is 0.000000294. The van der Waals surface area contributed by atoms with Crippen molar-refractivity contribution in [3.63, 3.8) is 0 Å². The smallest absolute Gasteiger partial charge is 0.351 e. The average Bonchev–Trinajstić information content (AvgIpc) is 0.727. The van der Waals surface area contributed by atoms with Gasteiger partial charge in [-0.25, -0.2) is 9.59 Å². The Kier molecular flexibility index (Phi) is 47.9. The molecule has 7 aromatic carbocycles. The van der Waals surface area contributed by atoms with Gasteiger partial charge in [0.25, 0.3) is 11.8 Å². The van der Waals surface area contributed by atoms with E-state index in [2.05, 4.69) is 81.1 Å². The van der Waals surface area contributed by atoms with Crippen molar-refractivity contribution in [3.8, 4) is 11.5 Å². The maximum Gasteiger partial charge on any atom is 0.351 e. The number of anilines is 2. The van der Waals surface area contributed by atoms with E-state index in [0.717, 1.165) is 87.3 Å². The third kappa shape index (κ3) is 37.1. The zero-order valence-electron chi connectivity index (χ0n) is 82.2. The van der Waals surface area contributed by atoms with Crippen LogP contribution in [0.5, 0.6) is 11.5 Å². The largest absolute Gasteiger partial charge is 0.493 e. The molecule has 2 aromatic heterocycles. The maximum absolute atomic E-state index is 14.0. The second-order valence-corrected chi connectivity index (χ2v) is 36.5. The number of morpholine rings is 2. The van der Waals surface area contributed by atoms with E-state index < -0.39 is 71.4 Å². The molecule has 0 spiro atoms. The molecule has 11 rings (SSSR count). The second kappa shape index (κ2) is 61.0. The Morgan fingerprint density at radius 2 is 0.701 bits per heavy atom. The van der Waals surface area contributed by atoms with Crippen LogP contribution in [0.1, 0.15) is 328 Å². The summed E-state index contributed by atoms with van der Waals surface area (Å²) >= 11 is 0. The molecular formula is C113H150N8O16. The fraction of sp³-hybridized carbons (Fsp3) is 0.504. The highest BCUT2D eigenvalue weighted by Gasteiger charge is 2.47. The number of aromatic nitrogens is 4. The van der Waals surface area contributed by atoms with Gasteiger partial charge in [0.2, 0.25) is 0 Å². The Labute approximate surface area is 812 Å². The minimum atomic E-state index is -0.901. The van der Waals surface area contributed by atoms with E-state index in [4.69, 9.17) is 37.9 Å². The lowest BCUT2D eigenvalue weighted by molar-refractivity contribution is -0.171. The summed E-state index contributed by atoms with van der Waals surface area (Å²) in [6.07, 6.45) is 42.0. The topological polar surface area (TPSA) is 285 Å². The number of hydrogen-bond acceptors (Lipinski definition) is 20. The molecule has 738 valence electrons. The van der Waals surface area contributed by atoms with Crippen molar-refractivity contribution in [2.45, 2.75) is 316 Å². The van der Waals surface area contributed by atoms with E-state index in [1.165, 1.54) is 201 Å². The summed E-state index contributed by atoms with van der Waals surface area (Å²) in [7, 11) is 0. The van der Waals surface area contributed by atoms with Crippen LogP contribution < -0.4 is 36.8 Å². The number of hydrogen-bond donors (Lipinski definition) is 3. The van der Waals surface area contributed by atoms with Gasteiger partial charge in [0.1, 0.15) is 61.8 Å². The number of unbranched alkanes of at least 4 members (excludes halogenated alkanes) is 30. The molecule has 0 radical (unpaired) electrons. The van der Waals surface area contributed by atoms with Crippen LogP contribution in [0, 0.1) is 27.7 Å². The van der Waals surface area contributed by atoms with Crippen LogP contribution >= 0.6 is 0 Å². The highest BCUT2D eigenvalue weighted by atomic mass is 16.6. The predicted molar refractivity (Wildman–Crippen MR) is 539 cm³/mol. The average molecular weight is 1880 g/mol. The van der Waals surface area contributed by atoms with Crippen molar-refractivity contribution in [3.05, 3.63) is 283 Å². The van der Waals surface area contributed by atoms with Crippen LogP contribution in [-0.4, -0.2) is 125 Å². The summed E-state index contributed by atoms with van der Waals surface area (Å²) < 4.78 is 50.2. The third-order valence-corrected chi connectivity index (χ3v) is 25.7. The lowest BCUT2D eigenvalue weighted by Crippen LogP contribution is -2.58. The molecule has 3 N–H and O–H groups in total. The first kappa shape index (κ1) is 108. The van der Waals surface area contributed by atoms with Crippen LogP contribution in [0.4, 0.5) is 11.6 Å². The summed E-state index contributed by atoms with van der Waals surface area (Å²) in [6, 6.07) is 58.8. The van der Waals surface area contributed by atoms with Crippen molar-refractivity contribution in [1.82, 2.24) is 29.3 Å². The van der Waals surface area contributed by atoms with E-state index in [1.807, 2.05) is 113 Å². The van der Waals surface area contributed by atoms with Crippen LogP contribution in [0.2, 0.25) is 0 Å². The minimum absolute atomic E-state index is 0.0537. The lowest BCUT2D eigenvalue weighted by atomic mass is 9.75. The quantitative estimate of drug-likeness (QED) is 0.0138. The van der Waals surface area contributed by atoms with E-state index >= 15 is 0 Å². The molecule has 4 atom stereocenters. The molecule has 2 saturated heterocycles. The van der Waals surface area contributed by atoms with Gasteiger partial charge in [0.05, 0.1) is 44.4 Å². The normalized spacial score (nSPS) is 14.8. The lowest BCUT2D eigenvalue weighted by Gasteiger charge is -2.50. The van der Waals surface area contributed by atoms with Crippen molar-refractivity contribution in [2.75, 3.05) is 63.2 Å². The minimum Gasteiger partial charge on any atom is -0.493 e. The van der Waals surface area contributed by atoms with Gasteiger partial charge in [0.15, 0.2) is 12.5 Å². The first-order valence-electron chi connectivity index (χ1n) is 50.8. The van der Waals surface area contributed by atoms with Gasteiger partial charge in [-0.3, -0.25) is 42.8 Å². The van der Waals surface area contributed by atoms with E-state index in [1.54, 1.807) is 66.9 Å². The Morgan fingerprint density at radius 1 is 0.380 bits per heavy atom. The van der Waals surface area contributed by atoms with Gasteiger partial charge >= 0.3 is 35.3 Å². The predicted octanol–water partition coefficient (Wildman–Crippen LogP) is 23.3. The number of esters is 4. The Morgan fingerprint density at radius 3 is 1.06 bits per heavy atom. The molecule has 2 amide bonds. The van der Waals surface area contributed by atoms with Gasteiger partial charge < -0.3 is 53.8 Å². The Bertz CT molecular complexity index is 5100. The Hall–Kier alpha value is -11.4. The molecule has 2 aliphatic heterocycles. The van der Waals surface area contributed by atoms with Gasteiger partial charge in [-0.15, -0.1) is 0 Å². The number of carbonyl (C=O) groups is 6. The number of aryl methyl sites for hydroxylation is 2. The summed E-state index contributed by atoms with van der Waals surface area (Å²) in [6.45, 7) is 15.2. The van der Waals surface area contributed by atoms with E-state index in [9.17, 15) is 38.4 Å². The molecular weight excluding hydrogens is 1730 g/mol. The number of benzene rings is 7. The third-order valence-electron chi connectivity index (χ3n) is 25.7. The first-order valence-corrected chi connectivity index (χ1v) is 50.8. The SMILES string of the molecule is CCCCCCCCCCCCCCCCCCOc1cc(COC(=O)CCC(=O)OC[C@@H]2CN(C(c3ccccc3)(c3ccccc3)c3ccccc3)C[C@H](n3ccc(NC(=O)c4ccccc4)nc3=O)O2)cc(C)c1C.CCCCCCCCCCCCCCCCCCOc1cc(COC(=O)CCC(=O)OC[C@@H]2CNC[C@H](n3ccc(NC(=O)c4ccccc4)nc3=O)O2)cc(C)c1C. The highest BCUT2D eigenvalue weighted by Crippen LogP contribution is 2.45. The molecule has 0 unspecified atom stereocenters. The van der Waals surface area contributed by atoms with Crippen LogP contribution in [0.25, 0.3) is 0 Å². The van der Waals surface area contributed by atoms with Crippen molar-refractivity contribution < 1.29 is 66.7 Å². The second-order valence-electron chi connectivity index (χ2n) is 36.5. The van der Waals surface area contributed by atoms with Crippen LogP contribution in [0.15, 0.2) is 210 Å². The van der Waals surface area contributed by atoms with Crippen molar-refractivity contribution in [2.24, 2.45) is 0 Å². The number of nitrogens with one attached hydrogen (secondary N) is 3. The van der Waals surface area contributed by atoms with Gasteiger partial charge in [-0.2, -0.15) is 9.97 Å². The molecule has 0 saturated carbocycles. The highest BCUT2D eigenvalue weighted by molar-refractivity contribution is 6.04. The standard InChI is InChI=1S/C66H82N4O8.C47H68N4O8/c1-4-5-6-7-8-9-10-11-12-13-14-15-16-17-18-31-44-75-59-46-53(45-51(2)52(59)3)49-76-62(71)40-41-63(72)77-50-58-47-69(48-61(78-58)70-43-42-60(68-65(70)74)67-64(73)54-32-23-19-24-33-54)66(55-34-25-20-26-35-55,56-36-27-21-28-37-56)57-38-29-22-30-39-57;1-4-5-6-7-8-9-10-11-12-13-14-15-16-17-18-22-29-56-41-31-38(30-36(2)37(41)3)34-57-44(52)25-26-45(53)58-35-40-32-48-33-43(59-40)51-28-27-42(50-47(51)55)49-46(54)39-23-20-19-21-24-39/h19-30,32-39,42-43,45-46,58,61H,4-18,31,40-41,44,47-50H2,1-3H3,(H,67,68,73,74);19-21,23-24,27-28,30-31,40,43,48H,4-18,22,25-26,29,32-35H2,1-3H3,(H,49,50,54,55)/t58-,61+;40-,43+/m00/s1. The first-order chi connectivity index (χ1) is 66.9.